The van der Waals surface area contributed by atoms with Crippen LogP contribution in [0.4, 0.5) is 5.69 Å². The lowest BCUT2D eigenvalue weighted by Crippen LogP contribution is -2.32. The molecule has 2 aromatic carbocycles. The average molecular weight is 382 g/mol. The molecule has 0 radical (unpaired) electrons. The molecule has 0 spiro atoms. The Morgan fingerprint density at radius 2 is 1.71 bits per heavy atom. The van der Waals surface area contributed by atoms with Gasteiger partial charge in [0.25, 0.3) is 17.4 Å². The second-order valence-corrected chi connectivity index (χ2v) is 6.43. The van der Waals surface area contributed by atoms with Gasteiger partial charge >= 0.3 is 0 Å². The summed E-state index contributed by atoms with van der Waals surface area (Å²) in [5.74, 6) is -2.04. The molecule has 8 nitrogen and oxygen atoms in total. The third-order valence-corrected chi connectivity index (χ3v) is 4.63. The number of aryl methyl sites for hydroxylation is 1. The summed E-state index contributed by atoms with van der Waals surface area (Å²) in [6.45, 7) is 1.39. The summed E-state index contributed by atoms with van der Waals surface area (Å²) in [5, 5.41) is 31.0. The monoisotopic (exact) mass is 382 g/mol. The van der Waals surface area contributed by atoms with Gasteiger partial charge in [-0.2, -0.15) is 0 Å². The number of β-amino-alcohol motifs (C(OH)–C–C–N with tert-alkyl or cyclic N) is 1. The molecule has 8 heteroatoms. The van der Waals surface area contributed by atoms with Gasteiger partial charge in [0.15, 0.2) is 0 Å². The first-order chi connectivity index (χ1) is 13.3. The van der Waals surface area contributed by atoms with Crippen molar-refractivity contribution in [3.63, 3.8) is 0 Å². The topological polar surface area (TPSA) is 121 Å². The van der Waals surface area contributed by atoms with E-state index in [2.05, 4.69) is 0 Å². The third-order valence-electron chi connectivity index (χ3n) is 4.63. The lowest BCUT2D eigenvalue weighted by atomic mass is 9.95. The van der Waals surface area contributed by atoms with Crippen molar-refractivity contribution < 1.29 is 24.7 Å². The Morgan fingerprint density at radius 3 is 2.25 bits per heavy atom. The highest BCUT2D eigenvalue weighted by Gasteiger charge is 2.45. The first kappa shape index (κ1) is 19.2. The molecule has 0 aromatic heterocycles. The normalized spacial score (nSPS) is 18.5. The summed E-state index contributed by atoms with van der Waals surface area (Å²) < 4.78 is 0. The van der Waals surface area contributed by atoms with E-state index in [1.54, 1.807) is 24.3 Å². The highest BCUT2D eigenvalue weighted by molar-refractivity contribution is 6.46. The summed E-state index contributed by atoms with van der Waals surface area (Å²) in [4.78, 5) is 36.6. The molecule has 1 amide bonds. The number of non-ortho nitro benzene ring substituents is 1. The molecule has 2 aromatic rings. The minimum Gasteiger partial charge on any atom is -0.507 e. The number of carbonyl (C=O) groups is 2. The average Bonchev–Trinajstić information content (AvgIpc) is 2.93. The van der Waals surface area contributed by atoms with E-state index >= 15 is 0 Å². The highest BCUT2D eigenvalue weighted by atomic mass is 16.6. The number of carbonyl (C=O) groups excluding carboxylic acids is 2. The number of rotatable bonds is 5. The largest absolute Gasteiger partial charge is 0.507 e. The van der Waals surface area contributed by atoms with Crippen molar-refractivity contribution in [2.75, 3.05) is 13.2 Å². The van der Waals surface area contributed by atoms with Gasteiger partial charge in [-0.15, -0.1) is 0 Å². The quantitative estimate of drug-likeness (QED) is 0.269. The summed E-state index contributed by atoms with van der Waals surface area (Å²) in [6.07, 6.45) is 0. The van der Waals surface area contributed by atoms with Gasteiger partial charge in [-0.3, -0.25) is 19.7 Å². The fraction of sp³-hybridized carbons (Fsp3) is 0.200. The van der Waals surface area contributed by atoms with Crippen molar-refractivity contribution in [1.29, 1.82) is 0 Å². The Hall–Kier alpha value is -3.52. The van der Waals surface area contributed by atoms with Crippen molar-refractivity contribution in [3.8, 4) is 0 Å². The van der Waals surface area contributed by atoms with Crippen LogP contribution in [0, 0.1) is 17.0 Å². The van der Waals surface area contributed by atoms with Crippen LogP contribution >= 0.6 is 0 Å². The molecule has 2 N–H and O–H groups in total. The number of nitro groups is 1. The van der Waals surface area contributed by atoms with E-state index in [1.807, 2.05) is 6.92 Å². The molecule has 28 heavy (non-hydrogen) atoms. The number of aliphatic hydroxyl groups is 2. The predicted molar refractivity (Wildman–Crippen MR) is 100 cm³/mol. The number of ketones is 1. The van der Waals surface area contributed by atoms with Crippen LogP contribution in [0.3, 0.4) is 0 Å². The van der Waals surface area contributed by atoms with Crippen LogP contribution in [0.1, 0.15) is 22.7 Å². The number of likely N-dealkylation sites (tertiary alicyclic amines) is 1. The van der Waals surface area contributed by atoms with Crippen LogP contribution in [0.25, 0.3) is 5.76 Å². The molecule has 0 saturated carbocycles. The fourth-order valence-electron chi connectivity index (χ4n) is 3.21. The molecule has 0 unspecified atom stereocenters. The van der Waals surface area contributed by atoms with Gasteiger partial charge in [-0.05, 0) is 24.6 Å². The van der Waals surface area contributed by atoms with Crippen LogP contribution in [-0.2, 0) is 9.59 Å². The van der Waals surface area contributed by atoms with E-state index in [0.29, 0.717) is 11.1 Å². The highest BCUT2D eigenvalue weighted by Crippen LogP contribution is 2.39. The predicted octanol–water partition coefficient (Wildman–Crippen LogP) is 2.32. The number of Topliss-reactive ketones (excluding diaryl/α,β-unsaturated/α-hetero) is 1. The Kier molecular flexibility index (Phi) is 5.23. The van der Waals surface area contributed by atoms with E-state index in [4.69, 9.17) is 0 Å². The molecular formula is C20H18N2O6. The summed E-state index contributed by atoms with van der Waals surface area (Å²) in [6, 6.07) is 11.2. The maximum absolute atomic E-state index is 12.6. The second kappa shape index (κ2) is 7.61. The molecule has 144 valence electrons. The maximum atomic E-state index is 12.6. The lowest BCUT2D eigenvalue weighted by molar-refractivity contribution is -0.384. The lowest BCUT2D eigenvalue weighted by Gasteiger charge is -2.24. The number of amides is 1. The third kappa shape index (κ3) is 3.37. The van der Waals surface area contributed by atoms with Gasteiger partial charge in [-0.25, -0.2) is 0 Å². The van der Waals surface area contributed by atoms with Crippen molar-refractivity contribution in [2.45, 2.75) is 13.0 Å². The smallest absolute Gasteiger partial charge is 0.295 e. The van der Waals surface area contributed by atoms with Crippen LogP contribution in [0.5, 0.6) is 0 Å². The van der Waals surface area contributed by atoms with E-state index in [1.165, 1.54) is 24.3 Å². The number of hydrogen-bond donors (Lipinski definition) is 2. The Balaban J connectivity index is 2.15. The van der Waals surface area contributed by atoms with Gasteiger partial charge in [0, 0.05) is 24.2 Å². The van der Waals surface area contributed by atoms with Crippen LogP contribution in [0.2, 0.25) is 0 Å². The molecular weight excluding hydrogens is 364 g/mol. The minimum absolute atomic E-state index is 0.114. The van der Waals surface area contributed by atoms with Crippen molar-refractivity contribution in [1.82, 2.24) is 4.90 Å². The summed E-state index contributed by atoms with van der Waals surface area (Å²) in [5.41, 5.74) is 1.51. The Morgan fingerprint density at radius 1 is 1.11 bits per heavy atom. The number of hydrogen-bond acceptors (Lipinski definition) is 6. The van der Waals surface area contributed by atoms with Crippen LogP contribution < -0.4 is 0 Å². The first-order valence-electron chi connectivity index (χ1n) is 8.55. The van der Waals surface area contributed by atoms with E-state index in [0.717, 1.165) is 10.5 Å². The van der Waals surface area contributed by atoms with Gasteiger partial charge in [0.1, 0.15) is 5.76 Å². The van der Waals surface area contributed by atoms with Crippen molar-refractivity contribution in [3.05, 3.63) is 80.9 Å². The second-order valence-electron chi connectivity index (χ2n) is 6.43. The molecule has 1 atom stereocenters. The number of nitrogens with zero attached hydrogens (tertiary/aromatic N) is 2. The van der Waals surface area contributed by atoms with Crippen LogP contribution in [-0.4, -0.2) is 44.9 Å². The van der Waals surface area contributed by atoms with E-state index < -0.39 is 22.7 Å². The van der Waals surface area contributed by atoms with Crippen molar-refractivity contribution in [2.24, 2.45) is 0 Å². The standard InChI is InChI=1S/C20H18N2O6/c1-12-2-4-14(5-3-12)18(24)16-17(21(10-11-23)20(26)19(16)25)13-6-8-15(9-7-13)22(27)28/h2-9,17,23-24H,10-11H2,1H3/t17-/m0/s1. The zero-order valence-corrected chi connectivity index (χ0v) is 15.0. The molecule has 1 heterocycles. The van der Waals surface area contributed by atoms with E-state index in [-0.39, 0.29) is 30.2 Å². The van der Waals surface area contributed by atoms with Crippen molar-refractivity contribution >= 4 is 23.1 Å². The number of nitro benzene ring substituents is 1. The number of aliphatic hydroxyl groups excluding tert-OH is 2. The van der Waals surface area contributed by atoms with Crippen LogP contribution in [0.15, 0.2) is 54.1 Å². The SMILES string of the molecule is Cc1ccc(C(O)=C2C(=O)C(=O)N(CCO)[C@H]2c2ccc([N+](=O)[O-])cc2)cc1. The summed E-state index contributed by atoms with van der Waals surface area (Å²) in [7, 11) is 0. The Labute approximate surface area is 160 Å². The molecule has 1 aliphatic rings. The summed E-state index contributed by atoms with van der Waals surface area (Å²) >= 11 is 0. The Bertz CT molecular complexity index is 963. The van der Waals surface area contributed by atoms with Gasteiger partial charge in [0.05, 0.1) is 23.1 Å². The zero-order chi connectivity index (χ0) is 20.4. The van der Waals surface area contributed by atoms with Gasteiger partial charge < -0.3 is 15.1 Å². The number of benzene rings is 2. The molecule has 1 fully saturated rings. The molecule has 0 aliphatic carbocycles. The molecule has 3 rings (SSSR count). The zero-order valence-electron chi connectivity index (χ0n) is 15.0. The molecule has 1 saturated heterocycles. The fourth-order valence-corrected chi connectivity index (χ4v) is 3.21. The van der Waals surface area contributed by atoms with Gasteiger partial charge in [0.2, 0.25) is 0 Å². The minimum atomic E-state index is -0.950. The van der Waals surface area contributed by atoms with E-state index in [9.17, 15) is 29.9 Å². The molecule has 0 bridgehead atoms. The first-order valence-corrected chi connectivity index (χ1v) is 8.55. The maximum Gasteiger partial charge on any atom is 0.295 e. The molecule has 1 aliphatic heterocycles. The van der Waals surface area contributed by atoms with Gasteiger partial charge in [-0.1, -0.05) is 29.8 Å².